The van der Waals surface area contributed by atoms with Gasteiger partial charge in [0.15, 0.2) is 0 Å². The largest absolute Gasteiger partial charge is 0.390 e. The average molecular weight is 312 g/mol. The highest BCUT2D eigenvalue weighted by molar-refractivity contribution is 9.10. The first-order chi connectivity index (χ1) is 8.48. The van der Waals surface area contributed by atoms with Gasteiger partial charge in [-0.05, 0) is 65.1 Å². The molecule has 1 aromatic rings. The molecule has 1 N–H and O–H groups in total. The number of rotatable bonds is 3. The van der Waals surface area contributed by atoms with Crippen molar-refractivity contribution in [1.82, 2.24) is 4.98 Å². The summed E-state index contributed by atoms with van der Waals surface area (Å²) in [5, 5.41) is 10.7. The van der Waals surface area contributed by atoms with Gasteiger partial charge in [-0.2, -0.15) is 0 Å². The normalized spacial score (nSPS) is 28.6. The molecule has 0 aliphatic heterocycles. The zero-order valence-electron chi connectivity index (χ0n) is 11.2. The SMILES string of the molecule is CC(C)C1CCC(O)(Cc2cncc(Br)c2)CC1. The summed E-state index contributed by atoms with van der Waals surface area (Å²) in [4.78, 5) is 4.17. The minimum atomic E-state index is -0.520. The molecule has 100 valence electrons. The van der Waals surface area contributed by atoms with Gasteiger partial charge in [0.05, 0.1) is 5.60 Å². The lowest BCUT2D eigenvalue weighted by Gasteiger charge is -2.37. The number of hydrogen-bond donors (Lipinski definition) is 1. The Labute approximate surface area is 118 Å². The third kappa shape index (κ3) is 3.55. The fraction of sp³-hybridized carbons (Fsp3) is 0.667. The van der Waals surface area contributed by atoms with E-state index in [1.54, 1.807) is 6.20 Å². The van der Waals surface area contributed by atoms with E-state index in [1.807, 2.05) is 6.20 Å². The summed E-state index contributed by atoms with van der Waals surface area (Å²) >= 11 is 3.43. The summed E-state index contributed by atoms with van der Waals surface area (Å²) in [5.41, 5.74) is 0.600. The van der Waals surface area contributed by atoms with Crippen molar-refractivity contribution in [2.24, 2.45) is 11.8 Å². The zero-order valence-corrected chi connectivity index (χ0v) is 12.8. The van der Waals surface area contributed by atoms with E-state index in [0.717, 1.165) is 54.0 Å². The minimum Gasteiger partial charge on any atom is -0.390 e. The van der Waals surface area contributed by atoms with Gasteiger partial charge in [0.2, 0.25) is 0 Å². The lowest BCUT2D eigenvalue weighted by molar-refractivity contribution is -0.0146. The molecule has 0 unspecified atom stereocenters. The maximum Gasteiger partial charge on any atom is 0.0688 e. The maximum absolute atomic E-state index is 10.7. The fourth-order valence-electron chi connectivity index (χ4n) is 2.95. The first kappa shape index (κ1) is 14.0. The first-order valence-corrected chi connectivity index (χ1v) is 7.60. The molecule has 0 spiro atoms. The molecule has 1 aromatic heterocycles. The number of halogens is 1. The van der Waals surface area contributed by atoms with Gasteiger partial charge in [-0.3, -0.25) is 4.98 Å². The molecule has 1 aliphatic rings. The first-order valence-electron chi connectivity index (χ1n) is 6.80. The van der Waals surface area contributed by atoms with Crippen molar-refractivity contribution < 1.29 is 5.11 Å². The highest BCUT2D eigenvalue weighted by Crippen LogP contribution is 2.37. The molecule has 0 radical (unpaired) electrons. The lowest BCUT2D eigenvalue weighted by Crippen LogP contribution is -2.37. The molecule has 2 rings (SSSR count). The van der Waals surface area contributed by atoms with Crippen LogP contribution in [0.4, 0.5) is 0 Å². The van der Waals surface area contributed by atoms with Gasteiger partial charge < -0.3 is 5.11 Å². The molecule has 3 heteroatoms. The van der Waals surface area contributed by atoms with Crippen LogP contribution in [0.1, 0.15) is 45.1 Å². The third-order valence-corrected chi connectivity index (χ3v) is 4.63. The Bertz CT molecular complexity index is 397. The second kappa shape index (κ2) is 5.70. The van der Waals surface area contributed by atoms with E-state index in [2.05, 4.69) is 40.8 Å². The molecule has 1 heterocycles. The molecule has 1 aliphatic carbocycles. The summed E-state index contributed by atoms with van der Waals surface area (Å²) < 4.78 is 0.986. The molecule has 0 saturated heterocycles. The summed E-state index contributed by atoms with van der Waals surface area (Å²) in [6, 6.07) is 2.06. The van der Waals surface area contributed by atoms with Crippen LogP contribution in [0.5, 0.6) is 0 Å². The molecule has 0 bridgehead atoms. The van der Waals surface area contributed by atoms with Gasteiger partial charge in [-0.1, -0.05) is 13.8 Å². The maximum atomic E-state index is 10.7. The molecule has 18 heavy (non-hydrogen) atoms. The van der Waals surface area contributed by atoms with E-state index in [-0.39, 0.29) is 0 Å². The van der Waals surface area contributed by atoms with Crippen LogP contribution >= 0.6 is 15.9 Å². The van der Waals surface area contributed by atoms with Crippen molar-refractivity contribution in [3.05, 3.63) is 28.5 Å². The van der Waals surface area contributed by atoms with Crippen molar-refractivity contribution in [2.75, 3.05) is 0 Å². The van der Waals surface area contributed by atoms with Gasteiger partial charge in [-0.25, -0.2) is 0 Å². The van der Waals surface area contributed by atoms with Crippen molar-refractivity contribution in [3.8, 4) is 0 Å². The molecule has 1 saturated carbocycles. The van der Waals surface area contributed by atoms with Crippen molar-refractivity contribution in [2.45, 2.75) is 51.6 Å². The lowest BCUT2D eigenvalue weighted by atomic mass is 9.73. The highest BCUT2D eigenvalue weighted by atomic mass is 79.9. The Morgan fingerprint density at radius 3 is 2.61 bits per heavy atom. The van der Waals surface area contributed by atoms with Gasteiger partial charge in [-0.15, -0.1) is 0 Å². The predicted molar refractivity (Wildman–Crippen MR) is 77.4 cm³/mol. The van der Waals surface area contributed by atoms with Gasteiger partial charge in [0.25, 0.3) is 0 Å². The number of pyridine rings is 1. The van der Waals surface area contributed by atoms with E-state index in [0.29, 0.717) is 0 Å². The smallest absolute Gasteiger partial charge is 0.0688 e. The number of hydrogen-bond acceptors (Lipinski definition) is 2. The Hall–Kier alpha value is -0.410. The van der Waals surface area contributed by atoms with Crippen LogP contribution in [0.2, 0.25) is 0 Å². The number of nitrogens with zero attached hydrogens (tertiary/aromatic N) is 1. The van der Waals surface area contributed by atoms with Gasteiger partial charge in [0, 0.05) is 23.3 Å². The van der Waals surface area contributed by atoms with Crippen molar-refractivity contribution >= 4 is 15.9 Å². The molecule has 0 aromatic carbocycles. The second-order valence-electron chi connectivity index (χ2n) is 5.99. The van der Waals surface area contributed by atoms with Crippen LogP contribution in [0.15, 0.2) is 22.9 Å². The van der Waals surface area contributed by atoms with Crippen LogP contribution in [-0.4, -0.2) is 15.7 Å². The predicted octanol–water partition coefficient (Wildman–Crippen LogP) is 3.96. The number of aromatic nitrogens is 1. The van der Waals surface area contributed by atoms with E-state index in [1.165, 1.54) is 0 Å². The van der Waals surface area contributed by atoms with E-state index in [9.17, 15) is 5.11 Å². The Morgan fingerprint density at radius 2 is 2.06 bits per heavy atom. The molecule has 1 fully saturated rings. The van der Waals surface area contributed by atoms with E-state index in [4.69, 9.17) is 0 Å². The Balaban J connectivity index is 1.97. The van der Waals surface area contributed by atoms with Crippen molar-refractivity contribution in [1.29, 1.82) is 0 Å². The van der Waals surface area contributed by atoms with Crippen LogP contribution < -0.4 is 0 Å². The van der Waals surface area contributed by atoms with Crippen LogP contribution in [0.3, 0.4) is 0 Å². The third-order valence-electron chi connectivity index (χ3n) is 4.20. The van der Waals surface area contributed by atoms with Crippen LogP contribution in [0, 0.1) is 11.8 Å². The Morgan fingerprint density at radius 1 is 1.39 bits per heavy atom. The van der Waals surface area contributed by atoms with Crippen LogP contribution in [0.25, 0.3) is 0 Å². The van der Waals surface area contributed by atoms with E-state index < -0.39 is 5.60 Å². The zero-order chi connectivity index (χ0) is 13.2. The summed E-state index contributed by atoms with van der Waals surface area (Å²) in [6.45, 7) is 4.57. The van der Waals surface area contributed by atoms with E-state index >= 15 is 0 Å². The monoisotopic (exact) mass is 311 g/mol. The Kier molecular flexibility index (Phi) is 4.44. The fourth-order valence-corrected chi connectivity index (χ4v) is 3.37. The second-order valence-corrected chi connectivity index (χ2v) is 6.91. The van der Waals surface area contributed by atoms with Gasteiger partial charge >= 0.3 is 0 Å². The van der Waals surface area contributed by atoms with Crippen LogP contribution in [-0.2, 0) is 6.42 Å². The molecule has 0 amide bonds. The summed E-state index contributed by atoms with van der Waals surface area (Å²) in [6.07, 6.45) is 8.50. The molecule has 0 atom stereocenters. The minimum absolute atomic E-state index is 0.520. The average Bonchev–Trinajstić information content (AvgIpc) is 2.29. The molecular formula is C15H22BrNO. The number of aliphatic hydroxyl groups is 1. The standard InChI is InChI=1S/C15H22BrNO/c1-11(2)13-3-5-15(18,6-4-13)8-12-7-14(16)10-17-9-12/h7,9-11,13,18H,3-6,8H2,1-2H3. The van der Waals surface area contributed by atoms with Crippen molar-refractivity contribution in [3.63, 3.8) is 0 Å². The van der Waals surface area contributed by atoms with Gasteiger partial charge in [0.1, 0.15) is 0 Å². The summed E-state index contributed by atoms with van der Waals surface area (Å²) in [7, 11) is 0. The topological polar surface area (TPSA) is 33.1 Å². The highest BCUT2D eigenvalue weighted by Gasteiger charge is 2.34. The summed E-state index contributed by atoms with van der Waals surface area (Å²) in [5.74, 6) is 1.52. The molecule has 2 nitrogen and oxygen atoms in total. The molecular weight excluding hydrogens is 290 g/mol. The quantitative estimate of drug-likeness (QED) is 0.916.